The minimum Gasteiger partial charge on any atom is -0.394 e. The van der Waals surface area contributed by atoms with Crippen LogP contribution in [0.2, 0.25) is 0 Å². The smallest absolute Gasteiger partial charge is 0.249 e. The van der Waals surface area contributed by atoms with Gasteiger partial charge in [0, 0.05) is 0 Å². The van der Waals surface area contributed by atoms with E-state index < -0.39 is 36.9 Å². The number of aliphatic hydroxyl groups is 4. The molecule has 4 atom stereocenters. The van der Waals surface area contributed by atoms with Crippen molar-refractivity contribution in [2.75, 3.05) is 6.61 Å². The van der Waals surface area contributed by atoms with Crippen molar-refractivity contribution in [1.82, 2.24) is 5.32 Å². The third-order valence-corrected chi connectivity index (χ3v) is 15.1. The number of carbonyl (C=O) groups is 1. The summed E-state index contributed by atoms with van der Waals surface area (Å²) in [4.78, 5) is 12.6. The summed E-state index contributed by atoms with van der Waals surface area (Å²) in [7, 11) is 0. The van der Waals surface area contributed by atoms with Gasteiger partial charge in [-0.3, -0.25) is 4.79 Å². The quantitative estimate of drug-likeness (QED) is 0.0308. The summed E-state index contributed by atoms with van der Waals surface area (Å²) >= 11 is 0. The maximum absolute atomic E-state index is 12.6. The lowest BCUT2D eigenvalue weighted by Gasteiger charge is -2.27. The second kappa shape index (κ2) is 59.4. The molecule has 6 heteroatoms. The lowest BCUT2D eigenvalue weighted by atomic mass is 10.00. The fraction of sp³-hybridized carbons (Fsp3) is 0.892. The van der Waals surface area contributed by atoms with Gasteiger partial charge >= 0.3 is 0 Å². The van der Waals surface area contributed by atoms with E-state index in [0.29, 0.717) is 19.3 Å². The molecule has 5 N–H and O–H groups in total. The van der Waals surface area contributed by atoms with Gasteiger partial charge in [0.2, 0.25) is 5.91 Å². The van der Waals surface area contributed by atoms with E-state index in [9.17, 15) is 25.2 Å². The SMILES string of the molecule is CCCCCCCCCCCCCC/C=C/CC/C=C/CC/C=C/CCCC(O)C(O)C(CO)NC(=O)C(O)CCCCCCCCCCCCCCCCCCCCCCCCCCCCCCCC. The topological polar surface area (TPSA) is 110 Å². The Kier molecular flexibility index (Phi) is 58.2. The molecule has 0 saturated carbocycles. The number of aliphatic hydroxyl groups excluding tert-OH is 4. The Morgan fingerprint density at radius 2 is 0.592 bits per heavy atom. The van der Waals surface area contributed by atoms with Gasteiger partial charge in [0.25, 0.3) is 0 Å². The first-order valence-electron chi connectivity index (χ1n) is 31.9. The molecule has 0 heterocycles. The van der Waals surface area contributed by atoms with E-state index in [1.54, 1.807) is 0 Å². The van der Waals surface area contributed by atoms with Gasteiger partial charge in [0.1, 0.15) is 12.2 Å². The zero-order chi connectivity index (χ0) is 51.6. The number of allylic oxidation sites excluding steroid dienone is 6. The highest BCUT2D eigenvalue weighted by Gasteiger charge is 2.28. The van der Waals surface area contributed by atoms with Crippen LogP contribution in [0, 0.1) is 0 Å². The molecule has 0 aromatic heterocycles. The Bertz CT molecular complexity index is 1120. The van der Waals surface area contributed by atoms with Crippen molar-refractivity contribution in [2.24, 2.45) is 0 Å². The molecule has 71 heavy (non-hydrogen) atoms. The molecule has 0 bridgehead atoms. The van der Waals surface area contributed by atoms with Crippen LogP contribution in [0.5, 0.6) is 0 Å². The van der Waals surface area contributed by atoms with Gasteiger partial charge < -0.3 is 25.7 Å². The Morgan fingerprint density at radius 3 is 0.887 bits per heavy atom. The molecule has 0 spiro atoms. The van der Waals surface area contributed by atoms with Crippen LogP contribution in [-0.4, -0.2) is 57.3 Å². The molecule has 0 aromatic carbocycles. The molecule has 0 aliphatic carbocycles. The van der Waals surface area contributed by atoms with Crippen molar-refractivity contribution >= 4 is 5.91 Å². The van der Waals surface area contributed by atoms with E-state index in [1.165, 1.54) is 257 Å². The van der Waals surface area contributed by atoms with Crippen LogP contribution in [0.1, 0.15) is 341 Å². The Hall–Kier alpha value is -1.47. The molecule has 0 aliphatic heterocycles. The maximum atomic E-state index is 12.6. The minimum absolute atomic E-state index is 0.362. The first-order chi connectivity index (χ1) is 35.0. The third-order valence-electron chi connectivity index (χ3n) is 15.1. The van der Waals surface area contributed by atoms with Gasteiger partial charge in [-0.25, -0.2) is 0 Å². The first-order valence-corrected chi connectivity index (χ1v) is 31.9. The fourth-order valence-corrected chi connectivity index (χ4v) is 10.1. The lowest BCUT2D eigenvalue weighted by Crippen LogP contribution is -2.53. The number of nitrogens with one attached hydrogen (secondary N) is 1. The van der Waals surface area contributed by atoms with E-state index in [2.05, 4.69) is 55.6 Å². The largest absolute Gasteiger partial charge is 0.394 e. The molecule has 1 amide bonds. The van der Waals surface area contributed by atoms with Crippen LogP contribution < -0.4 is 5.32 Å². The molecular weight excluding hydrogens is 875 g/mol. The van der Waals surface area contributed by atoms with Crippen LogP contribution in [-0.2, 0) is 4.79 Å². The fourth-order valence-electron chi connectivity index (χ4n) is 10.1. The zero-order valence-corrected chi connectivity index (χ0v) is 47.7. The first kappa shape index (κ1) is 69.5. The van der Waals surface area contributed by atoms with Gasteiger partial charge in [0.05, 0.1) is 18.8 Å². The molecule has 0 rings (SSSR count). The highest BCUT2D eigenvalue weighted by atomic mass is 16.3. The molecule has 420 valence electrons. The van der Waals surface area contributed by atoms with Crippen molar-refractivity contribution in [3.63, 3.8) is 0 Å². The average molecular weight is 1000 g/mol. The molecular formula is C65H125NO5. The Balaban J connectivity index is 3.62. The third kappa shape index (κ3) is 53.2. The molecule has 0 saturated heterocycles. The van der Waals surface area contributed by atoms with Crippen LogP contribution in [0.25, 0.3) is 0 Å². The number of carbonyl (C=O) groups excluding carboxylic acids is 1. The summed E-state index contributed by atoms with van der Waals surface area (Å²) in [5, 5.41) is 44.1. The summed E-state index contributed by atoms with van der Waals surface area (Å²) in [5.41, 5.74) is 0. The summed E-state index contributed by atoms with van der Waals surface area (Å²) in [6, 6.07) is -1.01. The van der Waals surface area contributed by atoms with Crippen molar-refractivity contribution in [3.8, 4) is 0 Å². The van der Waals surface area contributed by atoms with E-state index >= 15 is 0 Å². The molecule has 4 unspecified atom stereocenters. The van der Waals surface area contributed by atoms with Crippen LogP contribution >= 0.6 is 0 Å². The summed E-state index contributed by atoms with van der Waals surface area (Å²) in [6.45, 7) is 4.08. The summed E-state index contributed by atoms with van der Waals surface area (Å²) in [5.74, 6) is -0.593. The van der Waals surface area contributed by atoms with Crippen molar-refractivity contribution in [3.05, 3.63) is 36.5 Å². The van der Waals surface area contributed by atoms with Gasteiger partial charge in [-0.2, -0.15) is 0 Å². The highest BCUT2D eigenvalue weighted by Crippen LogP contribution is 2.18. The molecule has 6 nitrogen and oxygen atoms in total. The van der Waals surface area contributed by atoms with Crippen LogP contribution in [0.15, 0.2) is 36.5 Å². The Morgan fingerprint density at radius 1 is 0.338 bits per heavy atom. The maximum Gasteiger partial charge on any atom is 0.249 e. The number of hydrogen-bond acceptors (Lipinski definition) is 5. The van der Waals surface area contributed by atoms with Gasteiger partial charge in [-0.1, -0.05) is 314 Å². The molecule has 0 aliphatic rings. The predicted molar refractivity (Wildman–Crippen MR) is 311 cm³/mol. The minimum atomic E-state index is -1.29. The number of unbranched alkanes of at least 4 members (excludes halogenated alkanes) is 44. The monoisotopic (exact) mass is 1000 g/mol. The van der Waals surface area contributed by atoms with E-state index in [1.807, 2.05) is 0 Å². The molecule has 0 radical (unpaired) electrons. The van der Waals surface area contributed by atoms with Crippen LogP contribution in [0.4, 0.5) is 0 Å². The van der Waals surface area contributed by atoms with E-state index in [-0.39, 0.29) is 0 Å². The second-order valence-corrected chi connectivity index (χ2v) is 22.1. The van der Waals surface area contributed by atoms with Crippen molar-refractivity contribution in [1.29, 1.82) is 0 Å². The molecule has 0 aromatic rings. The molecule has 0 fully saturated rings. The zero-order valence-electron chi connectivity index (χ0n) is 47.7. The van der Waals surface area contributed by atoms with Crippen molar-refractivity contribution in [2.45, 2.75) is 366 Å². The van der Waals surface area contributed by atoms with E-state index in [4.69, 9.17) is 0 Å². The Labute approximate surface area is 443 Å². The van der Waals surface area contributed by atoms with Gasteiger partial charge in [-0.05, 0) is 64.2 Å². The number of rotatable bonds is 59. The average Bonchev–Trinajstić information content (AvgIpc) is 3.38. The number of amides is 1. The van der Waals surface area contributed by atoms with Crippen LogP contribution in [0.3, 0.4) is 0 Å². The number of hydrogen-bond donors (Lipinski definition) is 5. The lowest BCUT2D eigenvalue weighted by molar-refractivity contribution is -0.132. The van der Waals surface area contributed by atoms with E-state index in [0.717, 1.165) is 51.4 Å². The standard InChI is InChI=1S/C65H125NO5/c1-3-5-7-9-11-13-15-17-19-21-23-25-27-29-30-31-32-33-35-37-39-41-43-45-47-49-51-53-55-57-59-63(69)65(71)66-61(60-67)64(70)62(68)58-56-54-52-50-48-46-44-42-40-38-36-34-28-26-24-22-20-18-16-14-12-10-8-6-4-2/h34,36,42,44,50,52,61-64,67-70H,3-33,35,37-41,43,45-49,51,53-60H2,1-2H3,(H,66,71)/b36-34+,44-42+,52-50+. The highest BCUT2D eigenvalue weighted by molar-refractivity contribution is 5.80. The van der Waals surface area contributed by atoms with Gasteiger partial charge in [0.15, 0.2) is 0 Å². The van der Waals surface area contributed by atoms with Gasteiger partial charge in [-0.15, -0.1) is 0 Å². The predicted octanol–water partition coefficient (Wildman–Crippen LogP) is 19.1. The normalized spacial score (nSPS) is 13.8. The second-order valence-electron chi connectivity index (χ2n) is 22.1. The van der Waals surface area contributed by atoms with Crippen molar-refractivity contribution < 1.29 is 25.2 Å². The summed E-state index contributed by atoms with van der Waals surface area (Å²) < 4.78 is 0. The summed E-state index contributed by atoms with van der Waals surface area (Å²) in [6.07, 6.45) is 75.3.